The summed E-state index contributed by atoms with van der Waals surface area (Å²) in [5, 5.41) is 0. The predicted octanol–water partition coefficient (Wildman–Crippen LogP) is 3.08. The van der Waals surface area contributed by atoms with Crippen LogP contribution >= 0.6 is 0 Å². The lowest BCUT2D eigenvalue weighted by Gasteiger charge is -2.40. The van der Waals surface area contributed by atoms with Gasteiger partial charge in [0.1, 0.15) is 5.82 Å². The molecule has 1 aromatic carbocycles. The maximum Gasteiger partial charge on any atom is 0.294 e. The van der Waals surface area contributed by atoms with Gasteiger partial charge in [-0.15, -0.1) is 0 Å². The number of fused-ring (bicyclic) bond motifs is 1. The zero-order valence-corrected chi connectivity index (χ0v) is 15.4. The fourth-order valence-electron chi connectivity index (χ4n) is 3.61. The van der Waals surface area contributed by atoms with E-state index >= 15 is 0 Å². The summed E-state index contributed by atoms with van der Waals surface area (Å²) in [4.78, 5) is 33.0. The van der Waals surface area contributed by atoms with Crippen molar-refractivity contribution in [2.45, 2.75) is 19.9 Å². The van der Waals surface area contributed by atoms with Crippen LogP contribution in [0, 0.1) is 0 Å². The minimum absolute atomic E-state index is 0.0569. The number of hydrogen-bond acceptors (Lipinski definition) is 4. The summed E-state index contributed by atoms with van der Waals surface area (Å²) in [5.74, 6) is 0.773. The number of aryl methyl sites for hydroxylation is 1. The van der Waals surface area contributed by atoms with Crippen LogP contribution in [0.3, 0.4) is 0 Å². The summed E-state index contributed by atoms with van der Waals surface area (Å²) in [7, 11) is 1.91. The number of imidazole rings is 1. The van der Waals surface area contributed by atoms with E-state index in [0.29, 0.717) is 17.9 Å². The Labute approximate surface area is 156 Å². The van der Waals surface area contributed by atoms with Crippen molar-refractivity contribution in [3.05, 3.63) is 54.7 Å². The quantitative estimate of drug-likeness (QED) is 0.701. The molecule has 2 amide bonds. The van der Waals surface area contributed by atoms with Crippen molar-refractivity contribution in [1.29, 1.82) is 0 Å². The van der Waals surface area contributed by atoms with E-state index in [4.69, 9.17) is 4.42 Å². The number of nitrogens with zero attached hydrogens (tertiary/aromatic N) is 4. The van der Waals surface area contributed by atoms with Gasteiger partial charge in [-0.1, -0.05) is 0 Å². The van der Waals surface area contributed by atoms with Gasteiger partial charge in [-0.25, -0.2) is 4.98 Å². The van der Waals surface area contributed by atoms with Crippen LogP contribution in [-0.4, -0.2) is 34.0 Å². The molecule has 3 aromatic rings. The molecule has 0 saturated carbocycles. The smallest absolute Gasteiger partial charge is 0.294 e. The van der Waals surface area contributed by atoms with Crippen molar-refractivity contribution in [2.75, 3.05) is 16.3 Å². The Kier molecular flexibility index (Phi) is 4.07. The van der Waals surface area contributed by atoms with Crippen LogP contribution in [0.25, 0.3) is 11.4 Å². The van der Waals surface area contributed by atoms with Crippen LogP contribution in [0.5, 0.6) is 0 Å². The van der Waals surface area contributed by atoms with Gasteiger partial charge in [0.05, 0.1) is 23.7 Å². The van der Waals surface area contributed by atoms with Gasteiger partial charge >= 0.3 is 0 Å². The second-order valence-electron chi connectivity index (χ2n) is 6.70. The number of anilines is 2. The molecule has 1 atom stereocenters. The Morgan fingerprint density at radius 1 is 1.22 bits per heavy atom. The Hall–Kier alpha value is -3.35. The highest BCUT2D eigenvalue weighted by Gasteiger charge is 2.35. The van der Waals surface area contributed by atoms with Gasteiger partial charge in [-0.2, -0.15) is 0 Å². The standard InChI is InChI=1S/C20H20N4O3/c1-13-12-23(20(26)18-5-4-10-27-18)17-11-15(19-21-8-9-22(19)3)6-7-16(17)24(13)14(2)25/h4-11,13H,12H2,1-3H3/t13-/m0/s1. The highest BCUT2D eigenvalue weighted by molar-refractivity contribution is 6.09. The summed E-state index contributed by atoms with van der Waals surface area (Å²) in [6.07, 6.45) is 5.07. The molecule has 4 rings (SSSR count). The average molecular weight is 364 g/mol. The first-order valence-electron chi connectivity index (χ1n) is 8.74. The van der Waals surface area contributed by atoms with Gasteiger partial charge in [0, 0.05) is 38.5 Å². The van der Waals surface area contributed by atoms with E-state index in [1.807, 2.05) is 42.9 Å². The maximum absolute atomic E-state index is 13.0. The van der Waals surface area contributed by atoms with E-state index in [1.165, 1.54) is 13.2 Å². The monoisotopic (exact) mass is 364 g/mol. The Balaban J connectivity index is 1.86. The number of benzene rings is 1. The number of furan rings is 1. The van der Waals surface area contributed by atoms with Gasteiger partial charge in [0.2, 0.25) is 5.91 Å². The normalized spacial score (nSPS) is 16.3. The fraction of sp³-hybridized carbons (Fsp3) is 0.250. The SMILES string of the molecule is CC(=O)N1c2ccc(-c3nccn3C)cc2N(C(=O)c2ccco2)C[C@@H]1C. The van der Waals surface area contributed by atoms with Crippen LogP contribution in [0.15, 0.2) is 53.4 Å². The lowest BCUT2D eigenvalue weighted by atomic mass is 10.0. The third-order valence-electron chi connectivity index (χ3n) is 4.81. The highest BCUT2D eigenvalue weighted by atomic mass is 16.3. The van der Waals surface area contributed by atoms with Crippen molar-refractivity contribution in [2.24, 2.45) is 7.05 Å². The van der Waals surface area contributed by atoms with Crippen LogP contribution in [0.1, 0.15) is 24.4 Å². The van der Waals surface area contributed by atoms with Gasteiger partial charge < -0.3 is 18.8 Å². The molecule has 0 N–H and O–H groups in total. The molecule has 138 valence electrons. The van der Waals surface area contributed by atoms with E-state index in [0.717, 1.165) is 11.4 Å². The van der Waals surface area contributed by atoms with Crippen LogP contribution in [0.4, 0.5) is 11.4 Å². The first-order valence-corrected chi connectivity index (χ1v) is 8.74. The molecular formula is C20H20N4O3. The topological polar surface area (TPSA) is 71.6 Å². The minimum atomic E-state index is -0.228. The van der Waals surface area contributed by atoms with Crippen molar-refractivity contribution in [3.8, 4) is 11.4 Å². The van der Waals surface area contributed by atoms with Crippen molar-refractivity contribution in [1.82, 2.24) is 9.55 Å². The van der Waals surface area contributed by atoms with Crippen LogP contribution < -0.4 is 9.80 Å². The number of carbonyl (C=O) groups is 2. The van der Waals surface area contributed by atoms with Crippen molar-refractivity contribution in [3.63, 3.8) is 0 Å². The summed E-state index contributed by atoms with van der Waals surface area (Å²) in [6, 6.07) is 8.89. The molecule has 0 spiro atoms. The second-order valence-corrected chi connectivity index (χ2v) is 6.70. The summed E-state index contributed by atoms with van der Waals surface area (Å²) in [5.41, 5.74) is 2.25. The Bertz CT molecular complexity index is 1010. The van der Waals surface area contributed by atoms with Crippen molar-refractivity contribution < 1.29 is 14.0 Å². The van der Waals surface area contributed by atoms with E-state index < -0.39 is 0 Å². The number of aromatic nitrogens is 2. The molecule has 0 bridgehead atoms. The number of amides is 2. The minimum Gasteiger partial charge on any atom is -0.459 e. The molecule has 0 radical (unpaired) electrons. The number of hydrogen-bond donors (Lipinski definition) is 0. The molecule has 0 saturated heterocycles. The summed E-state index contributed by atoms with van der Waals surface area (Å²) >= 11 is 0. The van der Waals surface area contributed by atoms with E-state index in [9.17, 15) is 9.59 Å². The summed E-state index contributed by atoms with van der Waals surface area (Å²) in [6.45, 7) is 3.85. The Morgan fingerprint density at radius 3 is 2.67 bits per heavy atom. The molecule has 7 heteroatoms. The second kappa shape index (κ2) is 6.42. The fourth-order valence-corrected chi connectivity index (χ4v) is 3.61. The lowest BCUT2D eigenvalue weighted by Crippen LogP contribution is -2.51. The first kappa shape index (κ1) is 17.1. The van der Waals surface area contributed by atoms with Gasteiger partial charge in [0.25, 0.3) is 5.91 Å². The first-order chi connectivity index (χ1) is 13.0. The molecule has 7 nitrogen and oxygen atoms in total. The molecule has 1 aliphatic rings. The third kappa shape index (κ3) is 2.81. The molecular weight excluding hydrogens is 344 g/mol. The maximum atomic E-state index is 13.0. The number of carbonyl (C=O) groups excluding carboxylic acids is 2. The van der Waals surface area contributed by atoms with E-state index in [1.54, 1.807) is 28.1 Å². The van der Waals surface area contributed by atoms with Gasteiger partial charge in [0.15, 0.2) is 5.76 Å². The lowest BCUT2D eigenvalue weighted by molar-refractivity contribution is -0.117. The molecule has 0 fully saturated rings. The molecule has 0 aliphatic carbocycles. The van der Waals surface area contributed by atoms with Gasteiger partial charge in [-0.05, 0) is 37.3 Å². The van der Waals surface area contributed by atoms with Crippen LogP contribution in [-0.2, 0) is 11.8 Å². The summed E-state index contributed by atoms with van der Waals surface area (Å²) < 4.78 is 7.22. The largest absolute Gasteiger partial charge is 0.459 e. The average Bonchev–Trinajstić information content (AvgIpc) is 3.31. The molecule has 27 heavy (non-hydrogen) atoms. The Morgan fingerprint density at radius 2 is 2.04 bits per heavy atom. The molecule has 3 heterocycles. The molecule has 0 unspecified atom stereocenters. The zero-order valence-electron chi connectivity index (χ0n) is 15.4. The molecule has 1 aliphatic heterocycles. The third-order valence-corrected chi connectivity index (χ3v) is 4.81. The van der Waals surface area contributed by atoms with Gasteiger partial charge in [-0.3, -0.25) is 9.59 Å². The van der Waals surface area contributed by atoms with E-state index in [2.05, 4.69) is 4.98 Å². The highest BCUT2D eigenvalue weighted by Crippen LogP contribution is 2.39. The van der Waals surface area contributed by atoms with Crippen LogP contribution in [0.2, 0.25) is 0 Å². The van der Waals surface area contributed by atoms with Crippen molar-refractivity contribution >= 4 is 23.2 Å². The van der Waals surface area contributed by atoms with E-state index in [-0.39, 0.29) is 23.6 Å². The molecule has 2 aromatic heterocycles. The zero-order chi connectivity index (χ0) is 19.1. The number of rotatable bonds is 2. The predicted molar refractivity (Wildman–Crippen MR) is 102 cm³/mol.